The third-order valence-corrected chi connectivity index (χ3v) is 3.34. The van der Waals surface area contributed by atoms with Crippen molar-refractivity contribution in [1.29, 1.82) is 0 Å². The van der Waals surface area contributed by atoms with Gasteiger partial charge in [-0.25, -0.2) is 0 Å². The minimum atomic E-state index is 0.272. The molecule has 0 unspecified atom stereocenters. The van der Waals surface area contributed by atoms with Gasteiger partial charge in [0, 0.05) is 13.0 Å². The number of Topliss-reactive ketones (excluding diaryl/α,β-unsaturated/α-hetero) is 1. The zero-order valence-electron chi connectivity index (χ0n) is 12.0. The van der Waals surface area contributed by atoms with Gasteiger partial charge in [-0.1, -0.05) is 67.6 Å². The Bertz CT molecular complexity index is 522. The molecule has 20 heavy (non-hydrogen) atoms. The van der Waals surface area contributed by atoms with Crippen LogP contribution in [0.4, 0.5) is 0 Å². The van der Waals surface area contributed by atoms with Crippen LogP contribution in [0.1, 0.15) is 18.1 Å². The van der Waals surface area contributed by atoms with Crippen molar-refractivity contribution in [3.05, 3.63) is 71.8 Å². The zero-order chi connectivity index (χ0) is 14.2. The highest BCUT2D eigenvalue weighted by Crippen LogP contribution is 2.06. The molecule has 0 saturated heterocycles. The van der Waals surface area contributed by atoms with Crippen LogP contribution >= 0.6 is 0 Å². The predicted molar refractivity (Wildman–Crippen MR) is 82.5 cm³/mol. The van der Waals surface area contributed by atoms with Gasteiger partial charge < -0.3 is 0 Å². The van der Waals surface area contributed by atoms with E-state index in [0.29, 0.717) is 13.0 Å². The molecule has 0 heterocycles. The minimum Gasteiger partial charge on any atom is -0.298 e. The molecule has 0 aliphatic carbocycles. The summed E-state index contributed by atoms with van der Waals surface area (Å²) in [6.45, 7) is 4.33. The highest BCUT2D eigenvalue weighted by atomic mass is 16.1. The Hall–Kier alpha value is -1.93. The Balaban J connectivity index is 1.88. The molecule has 0 aliphatic rings. The summed E-state index contributed by atoms with van der Waals surface area (Å²) in [6, 6.07) is 20.2. The van der Waals surface area contributed by atoms with Gasteiger partial charge in [-0.05, 0) is 17.7 Å². The first-order valence-corrected chi connectivity index (χ1v) is 7.10. The summed E-state index contributed by atoms with van der Waals surface area (Å²) < 4.78 is 0. The molecule has 2 rings (SSSR count). The fourth-order valence-electron chi connectivity index (χ4n) is 2.25. The average molecular weight is 267 g/mol. The summed E-state index contributed by atoms with van der Waals surface area (Å²) in [4.78, 5) is 14.3. The highest BCUT2D eigenvalue weighted by molar-refractivity contribution is 5.82. The molecule has 0 spiro atoms. The number of likely N-dealkylation sites (N-methyl/N-ethyl adjacent to an activating group) is 1. The van der Waals surface area contributed by atoms with Crippen molar-refractivity contribution < 1.29 is 4.79 Å². The molecule has 2 heteroatoms. The van der Waals surface area contributed by atoms with Crippen LogP contribution in [-0.2, 0) is 17.8 Å². The number of ketones is 1. The van der Waals surface area contributed by atoms with E-state index in [9.17, 15) is 4.79 Å². The van der Waals surface area contributed by atoms with E-state index >= 15 is 0 Å². The second-order valence-electron chi connectivity index (χ2n) is 4.99. The fraction of sp³-hybridized carbons (Fsp3) is 0.278. The maximum atomic E-state index is 12.1. The lowest BCUT2D eigenvalue weighted by molar-refractivity contribution is -0.119. The number of benzene rings is 2. The summed E-state index contributed by atoms with van der Waals surface area (Å²) in [6.07, 6.45) is 0.520. The van der Waals surface area contributed by atoms with Crippen LogP contribution < -0.4 is 0 Å². The molecule has 104 valence electrons. The number of carbonyl (C=O) groups excluding carboxylic acids is 1. The topological polar surface area (TPSA) is 20.3 Å². The van der Waals surface area contributed by atoms with Gasteiger partial charge in [-0.15, -0.1) is 0 Å². The van der Waals surface area contributed by atoms with E-state index in [1.165, 1.54) is 5.56 Å². The van der Waals surface area contributed by atoms with Gasteiger partial charge in [0.2, 0.25) is 0 Å². The molecule has 0 aliphatic heterocycles. The van der Waals surface area contributed by atoms with Gasteiger partial charge >= 0.3 is 0 Å². The third-order valence-electron chi connectivity index (χ3n) is 3.34. The van der Waals surface area contributed by atoms with Crippen LogP contribution in [0, 0.1) is 0 Å². The van der Waals surface area contributed by atoms with E-state index < -0.39 is 0 Å². The van der Waals surface area contributed by atoms with Crippen LogP contribution in [-0.4, -0.2) is 23.8 Å². The molecule has 0 amide bonds. The first-order chi connectivity index (χ1) is 9.78. The number of carbonyl (C=O) groups is 1. The molecular weight excluding hydrogens is 246 g/mol. The SMILES string of the molecule is CCN(CC(=O)Cc1ccccc1)Cc1ccccc1. The first kappa shape index (κ1) is 14.5. The van der Waals surface area contributed by atoms with Gasteiger partial charge in [0.05, 0.1) is 6.54 Å². The molecule has 2 aromatic carbocycles. The largest absolute Gasteiger partial charge is 0.298 e. The molecule has 0 atom stereocenters. The zero-order valence-corrected chi connectivity index (χ0v) is 12.0. The van der Waals surface area contributed by atoms with Crippen LogP contribution in [0.15, 0.2) is 60.7 Å². The Kier molecular flexibility index (Phi) is 5.51. The molecular formula is C18H21NO. The number of hydrogen-bond acceptors (Lipinski definition) is 2. The van der Waals surface area contributed by atoms with E-state index in [1.54, 1.807) is 0 Å². The Morgan fingerprint density at radius 1 is 0.900 bits per heavy atom. The standard InChI is InChI=1S/C18H21NO/c1-2-19(14-17-11-7-4-8-12-17)15-18(20)13-16-9-5-3-6-10-16/h3-12H,2,13-15H2,1H3. The van der Waals surface area contributed by atoms with E-state index in [1.807, 2.05) is 48.5 Å². The summed E-state index contributed by atoms with van der Waals surface area (Å²) in [7, 11) is 0. The summed E-state index contributed by atoms with van der Waals surface area (Å²) in [5, 5.41) is 0. The van der Waals surface area contributed by atoms with Crippen molar-refractivity contribution in [2.45, 2.75) is 19.9 Å². The van der Waals surface area contributed by atoms with Crippen molar-refractivity contribution in [2.24, 2.45) is 0 Å². The van der Waals surface area contributed by atoms with E-state index in [4.69, 9.17) is 0 Å². The molecule has 0 N–H and O–H groups in total. The monoisotopic (exact) mass is 267 g/mol. The second kappa shape index (κ2) is 7.61. The van der Waals surface area contributed by atoms with Crippen molar-refractivity contribution in [2.75, 3.05) is 13.1 Å². The summed E-state index contributed by atoms with van der Waals surface area (Å²) in [5.74, 6) is 0.272. The lowest BCUT2D eigenvalue weighted by atomic mass is 10.1. The lowest BCUT2D eigenvalue weighted by Crippen LogP contribution is -2.30. The Labute approximate surface area is 121 Å². The van der Waals surface area contributed by atoms with Crippen molar-refractivity contribution in [3.63, 3.8) is 0 Å². The highest BCUT2D eigenvalue weighted by Gasteiger charge is 2.10. The normalized spacial score (nSPS) is 10.7. The molecule has 2 aromatic rings. The molecule has 0 radical (unpaired) electrons. The van der Waals surface area contributed by atoms with Crippen molar-refractivity contribution in [3.8, 4) is 0 Å². The van der Waals surface area contributed by atoms with Crippen LogP contribution in [0.5, 0.6) is 0 Å². The van der Waals surface area contributed by atoms with Crippen LogP contribution in [0.3, 0.4) is 0 Å². The molecule has 2 nitrogen and oxygen atoms in total. The van der Waals surface area contributed by atoms with E-state index in [0.717, 1.165) is 18.7 Å². The van der Waals surface area contributed by atoms with Gasteiger partial charge in [0.1, 0.15) is 0 Å². The number of rotatable bonds is 7. The van der Waals surface area contributed by atoms with E-state index in [2.05, 4.69) is 24.0 Å². The molecule has 0 aromatic heterocycles. The smallest absolute Gasteiger partial charge is 0.151 e. The second-order valence-corrected chi connectivity index (χ2v) is 4.99. The van der Waals surface area contributed by atoms with E-state index in [-0.39, 0.29) is 5.78 Å². The molecule has 0 bridgehead atoms. The van der Waals surface area contributed by atoms with Crippen molar-refractivity contribution >= 4 is 5.78 Å². The number of nitrogens with zero attached hydrogens (tertiary/aromatic N) is 1. The van der Waals surface area contributed by atoms with Crippen LogP contribution in [0.25, 0.3) is 0 Å². The fourth-order valence-corrected chi connectivity index (χ4v) is 2.25. The predicted octanol–water partition coefficient (Wildman–Crippen LogP) is 3.32. The average Bonchev–Trinajstić information content (AvgIpc) is 2.48. The maximum Gasteiger partial charge on any atom is 0.151 e. The molecule has 0 saturated carbocycles. The van der Waals surface area contributed by atoms with Gasteiger partial charge in [0.25, 0.3) is 0 Å². The molecule has 0 fully saturated rings. The minimum absolute atomic E-state index is 0.272. The van der Waals surface area contributed by atoms with Gasteiger partial charge in [0.15, 0.2) is 5.78 Å². The Morgan fingerprint density at radius 2 is 1.45 bits per heavy atom. The summed E-state index contributed by atoms with van der Waals surface area (Å²) in [5.41, 5.74) is 2.34. The Morgan fingerprint density at radius 3 is 2.00 bits per heavy atom. The van der Waals surface area contributed by atoms with Crippen LogP contribution in [0.2, 0.25) is 0 Å². The summed E-state index contributed by atoms with van der Waals surface area (Å²) >= 11 is 0. The first-order valence-electron chi connectivity index (χ1n) is 7.10. The quantitative estimate of drug-likeness (QED) is 0.767. The van der Waals surface area contributed by atoms with Gasteiger partial charge in [-0.3, -0.25) is 9.69 Å². The van der Waals surface area contributed by atoms with Crippen molar-refractivity contribution in [1.82, 2.24) is 4.90 Å². The van der Waals surface area contributed by atoms with Gasteiger partial charge in [-0.2, -0.15) is 0 Å². The maximum absolute atomic E-state index is 12.1. The number of hydrogen-bond donors (Lipinski definition) is 0. The third kappa shape index (κ3) is 4.63. The lowest BCUT2D eigenvalue weighted by Gasteiger charge is -2.19.